The lowest BCUT2D eigenvalue weighted by Gasteiger charge is -2.28. The van der Waals surface area contributed by atoms with Crippen LogP contribution in [0.5, 0.6) is 0 Å². The molecule has 0 rings (SSSR count). The number of nitrogens with zero attached hydrogens (tertiary/aromatic N) is 1. The summed E-state index contributed by atoms with van der Waals surface area (Å²) in [7, 11) is 0. The lowest BCUT2D eigenvalue weighted by molar-refractivity contribution is -0.145. The van der Waals surface area contributed by atoms with Crippen molar-refractivity contribution in [3.63, 3.8) is 0 Å². The van der Waals surface area contributed by atoms with Crippen LogP contribution >= 0.6 is 0 Å². The zero-order valence-electron chi connectivity index (χ0n) is 11.1. The molecule has 0 amide bonds. The summed E-state index contributed by atoms with van der Waals surface area (Å²) in [4.78, 5) is 13.4. The van der Waals surface area contributed by atoms with Crippen molar-refractivity contribution in [1.82, 2.24) is 4.90 Å². The minimum atomic E-state index is -0.693. The summed E-state index contributed by atoms with van der Waals surface area (Å²) >= 11 is 0. The Labute approximate surface area is 98.6 Å². The van der Waals surface area contributed by atoms with E-state index in [1.807, 2.05) is 18.7 Å². The standard InChI is InChI=1S/C12H25NO3/c1-6-16-11(14)9-13(10(2)3)8-7-12(4,5)15/h10,15H,6-9H2,1-5H3. The number of carbonyl (C=O) groups is 1. The molecule has 0 radical (unpaired) electrons. The molecular formula is C12H25NO3. The molecule has 4 nitrogen and oxygen atoms in total. The van der Waals surface area contributed by atoms with Crippen molar-refractivity contribution in [1.29, 1.82) is 0 Å². The molecule has 0 bridgehead atoms. The van der Waals surface area contributed by atoms with Crippen molar-refractivity contribution in [2.45, 2.75) is 52.7 Å². The van der Waals surface area contributed by atoms with Gasteiger partial charge in [0.25, 0.3) is 0 Å². The van der Waals surface area contributed by atoms with Crippen molar-refractivity contribution in [3.05, 3.63) is 0 Å². The first-order valence-electron chi connectivity index (χ1n) is 5.88. The largest absolute Gasteiger partial charge is 0.465 e. The van der Waals surface area contributed by atoms with Crippen LogP contribution in [0, 0.1) is 0 Å². The summed E-state index contributed by atoms with van der Waals surface area (Å²) < 4.78 is 4.91. The molecule has 0 aliphatic heterocycles. The molecule has 0 saturated carbocycles. The third-order valence-electron chi connectivity index (χ3n) is 2.38. The Morgan fingerprint density at radius 2 is 2.00 bits per heavy atom. The monoisotopic (exact) mass is 231 g/mol. The maximum atomic E-state index is 11.4. The third-order valence-corrected chi connectivity index (χ3v) is 2.38. The van der Waals surface area contributed by atoms with Crippen molar-refractivity contribution in [2.75, 3.05) is 19.7 Å². The van der Waals surface area contributed by atoms with Gasteiger partial charge in [0, 0.05) is 12.6 Å². The van der Waals surface area contributed by atoms with Gasteiger partial charge in [-0.2, -0.15) is 0 Å². The highest BCUT2D eigenvalue weighted by molar-refractivity contribution is 5.71. The number of rotatable bonds is 7. The molecule has 0 aromatic carbocycles. The summed E-state index contributed by atoms with van der Waals surface area (Å²) in [5.74, 6) is -0.202. The first-order valence-corrected chi connectivity index (χ1v) is 5.88. The average Bonchev–Trinajstić information content (AvgIpc) is 2.10. The zero-order valence-corrected chi connectivity index (χ0v) is 11.1. The highest BCUT2D eigenvalue weighted by Crippen LogP contribution is 2.10. The molecule has 0 aliphatic rings. The predicted octanol–water partition coefficient (Wildman–Crippen LogP) is 1.42. The number of ether oxygens (including phenoxy) is 1. The molecule has 0 aromatic heterocycles. The summed E-state index contributed by atoms with van der Waals surface area (Å²) in [5.41, 5.74) is -0.693. The molecule has 0 heterocycles. The van der Waals surface area contributed by atoms with Gasteiger partial charge in [-0.1, -0.05) is 0 Å². The number of hydrogen-bond donors (Lipinski definition) is 1. The van der Waals surface area contributed by atoms with Gasteiger partial charge < -0.3 is 9.84 Å². The molecule has 1 N–H and O–H groups in total. The van der Waals surface area contributed by atoms with Crippen LogP contribution in [0.1, 0.15) is 41.0 Å². The summed E-state index contributed by atoms with van der Waals surface area (Å²) in [6.45, 7) is 10.8. The number of carbonyl (C=O) groups excluding carboxylic acids is 1. The van der Waals surface area contributed by atoms with Gasteiger partial charge in [-0.25, -0.2) is 0 Å². The van der Waals surface area contributed by atoms with Crippen molar-refractivity contribution < 1.29 is 14.6 Å². The Morgan fingerprint density at radius 3 is 2.38 bits per heavy atom. The second-order valence-electron chi connectivity index (χ2n) is 4.93. The van der Waals surface area contributed by atoms with Crippen LogP contribution in [0.15, 0.2) is 0 Å². The van der Waals surface area contributed by atoms with Gasteiger partial charge in [-0.15, -0.1) is 0 Å². The Hall–Kier alpha value is -0.610. The fourth-order valence-electron chi connectivity index (χ4n) is 1.31. The van der Waals surface area contributed by atoms with E-state index in [2.05, 4.69) is 0 Å². The minimum absolute atomic E-state index is 0.202. The van der Waals surface area contributed by atoms with Crippen LogP contribution in [0.2, 0.25) is 0 Å². The maximum Gasteiger partial charge on any atom is 0.320 e. The van der Waals surface area contributed by atoms with Gasteiger partial charge in [0.2, 0.25) is 0 Å². The molecule has 0 atom stereocenters. The van der Waals surface area contributed by atoms with Crippen LogP contribution < -0.4 is 0 Å². The SMILES string of the molecule is CCOC(=O)CN(CCC(C)(C)O)C(C)C. The highest BCUT2D eigenvalue weighted by atomic mass is 16.5. The van der Waals surface area contributed by atoms with Crippen LogP contribution in [0.4, 0.5) is 0 Å². The van der Waals surface area contributed by atoms with Crippen LogP contribution in [-0.2, 0) is 9.53 Å². The van der Waals surface area contributed by atoms with Gasteiger partial charge in [0.15, 0.2) is 0 Å². The van der Waals surface area contributed by atoms with Gasteiger partial charge in [0.1, 0.15) is 0 Å². The Bertz CT molecular complexity index is 209. The molecule has 0 unspecified atom stereocenters. The van der Waals surface area contributed by atoms with Crippen molar-refractivity contribution in [2.24, 2.45) is 0 Å². The first-order chi connectivity index (χ1) is 7.26. The van der Waals surface area contributed by atoms with Crippen LogP contribution in [0.3, 0.4) is 0 Å². The normalized spacial score (nSPS) is 12.2. The Morgan fingerprint density at radius 1 is 1.44 bits per heavy atom. The Balaban J connectivity index is 4.13. The molecule has 0 saturated heterocycles. The van der Waals surface area contributed by atoms with E-state index in [4.69, 9.17) is 4.74 Å². The predicted molar refractivity (Wildman–Crippen MR) is 64.3 cm³/mol. The van der Waals surface area contributed by atoms with E-state index in [-0.39, 0.29) is 12.0 Å². The lowest BCUT2D eigenvalue weighted by atomic mass is 10.1. The molecule has 4 heteroatoms. The first kappa shape index (κ1) is 15.4. The quantitative estimate of drug-likeness (QED) is 0.673. The molecule has 0 spiro atoms. The fraction of sp³-hybridized carbons (Fsp3) is 0.917. The van der Waals surface area contributed by atoms with E-state index in [1.165, 1.54) is 0 Å². The molecule has 0 aliphatic carbocycles. The van der Waals surface area contributed by atoms with Crippen molar-refractivity contribution >= 4 is 5.97 Å². The van der Waals surface area contributed by atoms with E-state index in [9.17, 15) is 9.90 Å². The number of hydrogen-bond acceptors (Lipinski definition) is 4. The van der Waals surface area contributed by atoms with Crippen LogP contribution in [-0.4, -0.2) is 47.3 Å². The third kappa shape index (κ3) is 7.65. The molecular weight excluding hydrogens is 206 g/mol. The van der Waals surface area contributed by atoms with E-state index in [1.54, 1.807) is 20.8 Å². The smallest absolute Gasteiger partial charge is 0.320 e. The summed E-state index contributed by atoms with van der Waals surface area (Å²) in [5, 5.41) is 9.64. The highest BCUT2D eigenvalue weighted by Gasteiger charge is 2.19. The minimum Gasteiger partial charge on any atom is -0.465 e. The maximum absolute atomic E-state index is 11.4. The van der Waals surface area contributed by atoms with Gasteiger partial charge in [0.05, 0.1) is 18.8 Å². The summed E-state index contributed by atoms with van der Waals surface area (Å²) in [6, 6.07) is 0.270. The van der Waals surface area contributed by atoms with E-state index < -0.39 is 5.60 Å². The van der Waals surface area contributed by atoms with E-state index >= 15 is 0 Å². The second kappa shape index (κ2) is 6.86. The molecule has 96 valence electrons. The van der Waals surface area contributed by atoms with Gasteiger partial charge >= 0.3 is 5.97 Å². The number of esters is 1. The molecule has 0 aromatic rings. The van der Waals surface area contributed by atoms with Gasteiger partial charge in [-0.05, 0) is 41.0 Å². The van der Waals surface area contributed by atoms with E-state index in [0.717, 1.165) is 0 Å². The van der Waals surface area contributed by atoms with E-state index in [0.29, 0.717) is 26.1 Å². The van der Waals surface area contributed by atoms with Crippen LogP contribution in [0.25, 0.3) is 0 Å². The van der Waals surface area contributed by atoms with Crippen molar-refractivity contribution in [3.8, 4) is 0 Å². The average molecular weight is 231 g/mol. The lowest BCUT2D eigenvalue weighted by Crippen LogP contribution is -2.39. The summed E-state index contributed by atoms with van der Waals surface area (Å²) in [6.07, 6.45) is 0.643. The second-order valence-corrected chi connectivity index (χ2v) is 4.93. The zero-order chi connectivity index (χ0) is 12.8. The fourth-order valence-corrected chi connectivity index (χ4v) is 1.31. The molecule has 16 heavy (non-hydrogen) atoms. The molecule has 0 fully saturated rings. The number of aliphatic hydroxyl groups is 1. The topological polar surface area (TPSA) is 49.8 Å². The van der Waals surface area contributed by atoms with Gasteiger partial charge in [-0.3, -0.25) is 9.69 Å². The Kier molecular flexibility index (Phi) is 6.60.